The summed E-state index contributed by atoms with van der Waals surface area (Å²) in [6.45, 7) is 3.51. The summed E-state index contributed by atoms with van der Waals surface area (Å²) in [7, 11) is 0. The number of benzene rings is 1. The largest absolute Gasteiger partial charge is 0.378 e. The van der Waals surface area contributed by atoms with Crippen molar-refractivity contribution in [3.63, 3.8) is 0 Å². The first kappa shape index (κ1) is 19.7. The molecule has 2 aliphatic heterocycles. The molecule has 1 amide bonds. The van der Waals surface area contributed by atoms with Gasteiger partial charge in [-0.25, -0.2) is 14.4 Å². The molecular weight excluding hydrogens is 423 g/mol. The molecule has 4 aromatic rings. The second-order valence-electron chi connectivity index (χ2n) is 8.02. The fourth-order valence-electron chi connectivity index (χ4n) is 4.47. The molecule has 0 saturated carbocycles. The molecule has 6 rings (SSSR count). The van der Waals surface area contributed by atoms with Gasteiger partial charge in [0.1, 0.15) is 5.82 Å². The molecule has 0 radical (unpaired) electrons. The average Bonchev–Trinajstić information content (AvgIpc) is 3.46. The van der Waals surface area contributed by atoms with E-state index in [-0.39, 0.29) is 17.4 Å². The van der Waals surface area contributed by atoms with Crippen molar-refractivity contribution in [2.45, 2.75) is 6.54 Å². The van der Waals surface area contributed by atoms with Gasteiger partial charge < -0.3 is 20.3 Å². The number of pyridine rings is 2. The van der Waals surface area contributed by atoms with E-state index in [0.717, 1.165) is 35.6 Å². The maximum Gasteiger partial charge on any atom is 0.254 e. The molecular formula is C24H21FN6O2. The quantitative estimate of drug-likeness (QED) is 0.502. The van der Waals surface area contributed by atoms with Gasteiger partial charge >= 0.3 is 0 Å². The van der Waals surface area contributed by atoms with Gasteiger partial charge in [0, 0.05) is 31.4 Å². The second kappa shape index (κ2) is 7.86. The first-order valence-electron chi connectivity index (χ1n) is 10.8. The van der Waals surface area contributed by atoms with Crippen LogP contribution in [0.15, 0.2) is 55.0 Å². The summed E-state index contributed by atoms with van der Waals surface area (Å²) in [4.78, 5) is 23.7. The lowest BCUT2D eigenvalue weighted by atomic mass is 9.99. The first-order valence-corrected chi connectivity index (χ1v) is 10.8. The minimum absolute atomic E-state index is 0.153. The molecule has 1 fully saturated rings. The zero-order valence-corrected chi connectivity index (χ0v) is 17.7. The van der Waals surface area contributed by atoms with Crippen LogP contribution in [0.25, 0.3) is 16.9 Å². The van der Waals surface area contributed by atoms with E-state index in [2.05, 4.69) is 25.5 Å². The number of hydrogen-bond acceptors (Lipinski definition) is 6. The fourth-order valence-corrected chi connectivity index (χ4v) is 4.47. The van der Waals surface area contributed by atoms with Crippen LogP contribution < -0.4 is 15.5 Å². The molecule has 0 aliphatic carbocycles. The number of carbonyl (C=O) groups excluding carboxylic acids is 1. The van der Waals surface area contributed by atoms with E-state index in [9.17, 15) is 9.18 Å². The molecule has 8 nitrogen and oxygen atoms in total. The van der Waals surface area contributed by atoms with Crippen molar-refractivity contribution in [3.05, 3.63) is 71.9 Å². The molecule has 1 aromatic carbocycles. The number of carbonyl (C=O) groups is 1. The molecule has 1 saturated heterocycles. The van der Waals surface area contributed by atoms with Gasteiger partial charge in [0.15, 0.2) is 11.5 Å². The number of morpholine rings is 1. The Kier molecular flexibility index (Phi) is 4.69. The van der Waals surface area contributed by atoms with E-state index in [1.54, 1.807) is 22.9 Å². The number of hydrogen-bond donors (Lipinski definition) is 2. The Hall–Kier alpha value is -3.98. The Bertz CT molecular complexity index is 1360. The predicted molar refractivity (Wildman–Crippen MR) is 122 cm³/mol. The first-order chi connectivity index (χ1) is 16.2. The van der Waals surface area contributed by atoms with Crippen molar-refractivity contribution >= 4 is 28.7 Å². The number of nitrogens with one attached hydrogen (secondary N) is 2. The molecule has 33 heavy (non-hydrogen) atoms. The van der Waals surface area contributed by atoms with Crippen LogP contribution in [0, 0.1) is 5.82 Å². The SMILES string of the molecule is O=C1NCc2c(-c3cnc4c(F)cccn34)ccc(Nc3ccc(N4CCOCC4)cn3)c21. The van der Waals surface area contributed by atoms with Crippen molar-refractivity contribution in [2.24, 2.45) is 0 Å². The third-order valence-corrected chi connectivity index (χ3v) is 6.12. The molecule has 9 heteroatoms. The number of ether oxygens (including phenoxy) is 1. The van der Waals surface area contributed by atoms with E-state index in [4.69, 9.17) is 4.74 Å². The number of amides is 1. The standard InChI is InChI=1S/C24H21FN6O2/c25-18-2-1-7-31-20(14-27-23(18)31)16-4-5-19(22-17(16)13-28-24(22)32)29-21-6-3-15(12-26-21)30-8-10-33-11-9-30/h1-7,12,14H,8-11,13H2,(H,26,29)(H,28,32). The van der Waals surface area contributed by atoms with Crippen molar-refractivity contribution in [3.8, 4) is 11.3 Å². The van der Waals surface area contributed by atoms with Gasteiger partial charge in [-0.05, 0) is 35.9 Å². The number of nitrogens with zero attached hydrogens (tertiary/aromatic N) is 4. The lowest BCUT2D eigenvalue weighted by Gasteiger charge is -2.28. The van der Waals surface area contributed by atoms with Gasteiger partial charge in [-0.3, -0.25) is 9.20 Å². The lowest BCUT2D eigenvalue weighted by Crippen LogP contribution is -2.36. The van der Waals surface area contributed by atoms with Crippen molar-refractivity contribution in [1.29, 1.82) is 0 Å². The van der Waals surface area contributed by atoms with Gasteiger partial charge in [0.25, 0.3) is 5.91 Å². The van der Waals surface area contributed by atoms with Crippen LogP contribution in [-0.2, 0) is 11.3 Å². The topological polar surface area (TPSA) is 83.8 Å². The highest BCUT2D eigenvalue weighted by Crippen LogP contribution is 2.35. The van der Waals surface area contributed by atoms with Gasteiger partial charge in [-0.15, -0.1) is 0 Å². The van der Waals surface area contributed by atoms with Crippen LogP contribution in [0.3, 0.4) is 0 Å². The third kappa shape index (κ3) is 3.37. The number of aromatic nitrogens is 3. The molecule has 0 spiro atoms. The van der Waals surface area contributed by atoms with Crippen LogP contribution in [0.4, 0.5) is 21.6 Å². The van der Waals surface area contributed by atoms with Crippen molar-refractivity contribution < 1.29 is 13.9 Å². The molecule has 166 valence electrons. The lowest BCUT2D eigenvalue weighted by molar-refractivity contribution is 0.0966. The van der Waals surface area contributed by atoms with Gasteiger partial charge in [-0.1, -0.05) is 6.07 Å². The Morgan fingerprint density at radius 1 is 1.06 bits per heavy atom. The monoisotopic (exact) mass is 444 g/mol. The molecule has 0 unspecified atom stereocenters. The fraction of sp³-hybridized carbons (Fsp3) is 0.208. The highest BCUT2D eigenvalue weighted by atomic mass is 19.1. The number of halogens is 1. The predicted octanol–water partition coefficient (Wildman–Crippen LogP) is 3.36. The van der Waals surface area contributed by atoms with E-state index >= 15 is 0 Å². The molecule has 0 bridgehead atoms. The summed E-state index contributed by atoms with van der Waals surface area (Å²) in [5, 5.41) is 6.19. The highest BCUT2D eigenvalue weighted by Gasteiger charge is 2.27. The normalized spacial score (nSPS) is 15.5. The van der Waals surface area contributed by atoms with Gasteiger partial charge in [0.05, 0.1) is 48.2 Å². The molecule has 2 aliphatic rings. The smallest absolute Gasteiger partial charge is 0.254 e. The molecule has 5 heterocycles. The van der Waals surface area contributed by atoms with E-state index in [1.165, 1.54) is 6.07 Å². The maximum absolute atomic E-state index is 14.1. The van der Waals surface area contributed by atoms with Gasteiger partial charge in [-0.2, -0.15) is 0 Å². The minimum Gasteiger partial charge on any atom is -0.378 e. The Labute approximate surface area is 189 Å². The number of fused-ring (bicyclic) bond motifs is 2. The number of anilines is 3. The highest BCUT2D eigenvalue weighted by molar-refractivity contribution is 6.06. The Morgan fingerprint density at radius 2 is 1.94 bits per heavy atom. The second-order valence-corrected chi connectivity index (χ2v) is 8.02. The van der Waals surface area contributed by atoms with Crippen LogP contribution >= 0.6 is 0 Å². The van der Waals surface area contributed by atoms with Crippen LogP contribution in [0.2, 0.25) is 0 Å². The third-order valence-electron chi connectivity index (χ3n) is 6.12. The van der Waals surface area contributed by atoms with Crippen LogP contribution in [-0.4, -0.2) is 46.6 Å². The summed E-state index contributed by atoms with van der Waals surface area (Å²) < 4.78 is 21.2. The summed E-state index contributed by atoms with van der Waals surface area (Å²) >= 11 is 0. The van der Waals surface area contributed by atoms with Crippen LogP contribution in [0.5, 0.6) is 0 Å². The maximum atomic E-state index is 14.1. The van der Waals surface area contributed by atoms with Crippen molar-refractivity contribution in [1.82, 2.24) is 19.7 Å². The van der Waals surface area contributed by atoms with E-state index in [1.807, 2.05) is 30.5 Å². The summed E-state index contributed by atoms with van der Waals surface area (Å²) in [5.74, 6) is 0.109. The zero-order valence-electron chi connectivity index (χ0n) is 17.7. The Balaban J connectivity index is 1.34. The average molecular weight is 444 g/mol. The molecule has 2 N–H and O–H groups in total. The summed E-state index contributed by atoms with van der Waals surface area (Å²) in [5.41, 5.74) is 4.96. The number of imidazole rings is 1. The summed E-state index contributed by atoms with van der Waals surface area (Å²) in [6, 6.07) is 10.7. The summed E-state index contributed by atoms with van der Waals surface area (Å²) in [6.07, 6.45) is 5.23. The van der Waals surface area contributed by atoms with Crippen LogP contribution in [0.1, 0.15) is 15.9 Å². The van der Waals surface area contributed by atoms with E-state index in [0.29, 0.717) is 36.8 Å². The minimum atomic E-state index is -0.389. The van der Waals surface area contributed by atoms with Gasteiger partial charge in [0.2, 0.25) is 0 Å². The Morgan fingerprint density at radius 3 is 2.76 bits per heavy atom. The number of rotatable bonds is 4. The van der Waals surface area contributed by atoms with Crippen molar-refractivity contribution in [2.75, 3.05) is 36.5 Å². The molecule has 3 aromatic heterocycles. The van der Waals surface area contributed by atoms with E-state index < -0.39 is 0 Å². The zero-order chi connectivity index (χ0) is 22.4. The molecule has 0 atom stereocenters.